The SMILES string of the molecule is CC(=O)N1CCCN(C(=O)c2cccnc2SCc2cc(C)on2)CC1. The first-order valence-corrected chi connectivity index (χ1v) is 9.58. The molecule has 2 aromatic rings. The third-order valence-electron chi connectivity index (χ3n) is 4.26. The van der Waals surface area contributed by atoms with Gasteiger partial charge in [-0.05, 0) is 25.5 Å². The van der Waals surface area contributed by atoms with Crippen molar-refractivity contribution in [3.8, 4) is 0 Å². The van der Waals surface area contributed by atoms with Crippen molar-refractivity contribution in [2.45, 2.75) is 31.0 Å². The summed E-state index contributed by atoms with van der Waals surface area (Å²) in [6.45, 7) is 5.87. The molecule has 0 atom stereocenters. The Balaban J connectivity index is 1.70. The Bertz CT molecular complexity index is 792. The van der Waals surface area contributed by atoms with Crippen LogP contribution in [0.3, 0.4) is 0 Å². The van der Waals surface area contributed by atoms with Gasteiger partial charge in [-0.3, -0.25) is 9.59 Å². The van der Waals surface area contributed by atoms with E-state index in [1.54, 1.807) is 30.2 Å². The lowest BCUT2D eigenvalue weighted by Gasteiger charge is -2.22. The number of rotatable bonds is 4. The summed E-state index contributed by atoms with van der Waals surface area (Å²) in [6, 6.07) is 5.46. The minimum absolute atomic E-state index is 0.0395. The highest BCUT2D eigenvalue weighted by Crippen LogP contribution is 2.25. The summed E-state index contributed by atoms with van der Waals surface area (Å²) < 4.78 is 5.08. The predicted molar refractivity (Wildman–Crippen MR) is 97.8 cm³/mol. The molecule has 0 spiro atoms. The van der Waals surface area contributed by atoms with E-state index < -0.39 is 0 Å². The molecule has 0 unspecified atom stereocenters. The zero-order chi connectivity index (χ0) is 18.5. The summed E-state index contributed by atoms with van der Waals surface area (Å²) in [6.07, 6.45) is 2.47. The number of carbonyl (C=O) groups is 2. The molecular weight excluding hydrogens is 352 g/mol. The van der Waals surface area contributed by atoms with Crippen LogP contribution in [-0.2, 0) is 10.5 Å². The van der Waals surface area contributed by atoms with Crippen molar-refractivity contribution in [1.29, 1.82) is 0 Å². The third-order valence-corrected chi connectivity index (χ3v) is 5.30. The molecule has 7 nitrogen and oxygen atoms in total. The Morgan fingerprint density at radius 2 is 2.00 bits per heavy atom. The Hall–Kier alpha value is -2.35. The number of aryl methyl sites for hydroxylation is 1. The van der Waals surface area contributed by atoms with Crippen LogP contribution in [0.4, 0.5) is 0 Å². The van der Waals surface area contributed by atoms with E-state index in [-0.39, 0.29) is 11.8 Å². The molecule has 0 bridgehead atoms. The van der Waals surface area contributed by atoms with E-state index in [1.807, 2.05) is 17.9 Å². The fraction of sp³-hybridized carbons (Fsp3) is 0.444. The largest absolute Gasteiger partial charge is 0.361 e. The monoisotopic (exact) mass is 374 g/mol. The van der Waals surface area contributed by atoms with Gasteiger partial charge < -0.3 is 14.3 Å². The first kappa shape index (κ1) is 18.4. The van der Waals surface area contributed by atoms with Crippen LogP contribution in [0.2, 0.25) is 0 Å². The number of carbonyl (C=O) groups excluding carboxylic acids is 2. The van der Waals surface area contributed by atoms with Gasteiger partial charge in [0, 0.05) is 51.1 Å². The van der Waals surface area contributed by atoms with Crippen LogP contribution >= 0.6 is 11.8 Å². The van der Waals surface area contributed by atoms with E-state index in [2.05, 4.69) is 10.1 Å². The summed E-state index contributed by atoms with van der Waals surface area (Å²) in [5.41, 5.74) is 1.41. The van der Waals surface area contributed by atoms with Crippen LogP contribution in [0.25, 0.3) is 0 Å². The highest BCUT2D eigenvalue weighted by atomic mass is 32.2. The zero-order valence-electron chi connectivity index (χ0n) is 15.0. The Morgan fingerprint density at radius 1 is 1.23 bits per heavy atom. The molecule has 26 heavy (non-hydrogen) atoms. The fourth-order valence-electron chi connectivity index (χ4n) is 2.90. The third kappa shape index (κ3) is 4.43. The lowest BCUT2D eigenvalue weighted by atomic mass is 10.2. The Morgan fingerprint density at radius 3 is 2.73 bits per heavy atom. The summed E-state index contributed by atoms with van der Waals surface area (Å²) in [5, 5.41) is 4.66. The average molecular weight is 374 g/mol. The number of thioether (sulfide) groups is 1. The van der Waals surface area contributed by atoms with Crippen molar-refractivity contribution >= 4 is 23.6 Å². The maximum atomic E-state index is 13.0. The van der Waals surface area contributed by atoms with Crippen LogP contribution < -0.4 is 0 Å². The topological polar surface area (TPSA) is 79.5 Å². The van der Waals surface area contributed by atoms with Crippen LogP contribution in [0.5, 0.6) is 0 Å². The quantitative estimate of drug-likeness (QED) is 0.765. The molecule has 0 N–H and O–H groups in total. The molecule has 0 radical (unpaired) electrons. The number of pyridine rings is 1. The van der Waals surface area contributed by atoms with Crippen LogP contribution in [0, 0.1) is 6.92 Å². The highest BCUT2D eigenvalue weighted by molar-refractivity contribution is 7.98. The lowest BCUT2D eigenvalue weighted by molar-refractivity contribution is -0.128. The predicted octanol–water partition coefficient (Wildman–Crippen LogP) is 2.36. The molecule has 2 amide bonds. The van der Waals surface area contributed by atoms with E-state index in [1.165, 1.54) is 11.8 Å². The second-order valence-electron chi connectivity index (χ2n) is 6.23. The van der Waals surface area contributed by atoms with Crippen molar-refractivity contribution < 1.29 is 14.1 Å². The number of amides is 2. The average Bonchev–Trinajstić information content (AvgIpc) is 2.90. The number of hydrogen-bond donors (Lipinski definition) is 0. The molecule has 1 saturated heterocycles. The minimum Gasteiger partial charge on any atom is -0.361 e. The van der Waals surface area contributed by atoms with Crippen molar-refractivity contribution in [3.63, 3.8) is 0 Å². The molecule has 1 fully saturated rings. The van der Waals surface area contributed by atoms with E-state index in [0.717, 1.165) is 17.9 Å². The van der Waals surface area contributed by atoms with Gasteiger partial charge in [-0.15, -0.1) is 0 Å². The van der Waals surface area contributed by atoms with Crippen molar-refractivity contribution in [2.24, 2.45) is 0 Å². The number of hydrogen-bond acceptors (Lipinski definition) is 6. The van der Waals surface area contributed by atoms with Gasteiger partial charge in [0.1, 0.15) is 10.8 Å². The highest BCUT2D eigenvalue weighted by Gasteiger charge is 2.23. The lowest BCUT2D eigenvalue weighted by Crippen LogP contribution is -2.36. The molecule has 1 aliphatic heterocycles. The first-order chi connectivity index (χ1) is 12.5. The van der Waals surface area contributed by atoms with Gasteiger partial charge in [0.15, 0.2) is 0 Å². The van der Waals surface area contributed by atoms with Crippen LogP contribution in [0.1, 0.15) is 35.2 Å². The molecule has 3 heterocycles. The van der Waals surface area contributed by atoms with Gasteiger partial charge in [0.25, 0.3) is 5.91 Å². The maximum absolute atomic E-state index is 13.0. The van der Waals surface area contributed by atoms with Crippen LogP contribution in [0.15, 0.2) is 33.9 Å². The van der Waals surface area contributed by atoms with E-state index in [4.69, 9.17) is 4.52 Å². The number of nitrogens with zero attached hydrogens (tertiary/aromatic N) is 4. The van der Waals surface area contributed by atoms with Gasteiger partial charge in [-0.1, -0.05) is 16.9 Å². The second kappa shape index (κ2) is 8.35. The Labute approximate surface area is 156 Å². The minimum atomic E-state index is -0.0395. The molecule has 2 aromatic heterocycles. The molecule has 3 rings (SSSR count). The smallest absolute Gasteiger partial charge is 0.256 e. The summed E-state index contributed by atoms with van der Waals surface area (Å²) >= 11 is 1.47. The van der Waals surface area contributed by atoms with Crippen molar-refractivity contribution in [3.05, 3.63) is 41.4 Å². The zero-order valence-corrected chi connectivity index (χ0v) is 15.8. The maximum Gasteiger partial charge on any atom is 0.256 e. The molecule has 0 saturated carbocycles. The van der Waals surface area contributed by atoms with E-state index in [9.17, 15) is 9.59 Å². The van der Waals surface area contributed by atoms with Crippen LogP contribution in [-0.4, -0.2) is 57.9 Å². The molecule has 0 aliphatic carbocycles. The van der Waals surface area contributed by atoms with Gasteiger partial charge in [0.2, 0.25) is 5.91 Å². The number of aromatic nitrogens is 2. The summed E-state index contributed by atoms with van der Waals surface area (Å²) in [7, 11) is 0. The molecule has 138 valence electrons. The summed E-state index contributed by atoms with van der Waals surface area (Å²) in [4.78, 5) is 32.5. The fourth-order valence-corrected chi connectivity index (χ4v) is 3.77. The second-order valence-corrected chi connectivity index (χ2v) is 7.19. The molecule has 1 aliphatic rings. The van der Waals surface area contributed by atoms with Gasteiger partial charge in [0.05, 0.1) is 11.3 Å². The summed E-state index contributed by atoms with van der Waals surface area (Å²) in [5.74, 6) is 1.37. The van der Waals surface area contributed by atoms with Gasteiger partial charge in [-0.2, -0.15) is 0 Å². The molecule has 0 aromatic carbocycles. The normalized spacial score (nSPS) is 15.0. The van der Waals surface area contributed by atoms with Gasteiger partial charge >= 0.3 is 0 Å². The van der Waals surface area contributed by atoms with Crippen molar-refractivity contribution in [1.82, 2.24) is 19.9 Å². The molecule has 8 heteroatoms. The van der Waals surface area contributed by atoms with E-state index in [0.29, 0.717) is 42.5 Å². The molecular formula is C18H22N4O3S. The first-order valence-electron chi connectivity index (χ1n) is 8.59. The van der Waals surface area contributed by atoms with E-state index >= 15 is 0 Å². The van der Waals surface area contributed by atoms with Crippen molar-refractivity contribution in [2.75, 3.05) is 26.2 Å². The van der Waals surface area contributed by atoms with Gasteiger partial charge in [-0.25, -0.2) is 4.98 Å². The Kier molecular flexibility index (Phi) is 5.92. The standard InChI is InChI=1S/C18H22N4O3S/c1-13-11-15(20-25-13)12-26-17-16(5-3-6-19-17)18(24)22-8-4-7-21(9-10-22)14(2)23/h3,5-6,11H,4,7-10,12H2,1-2H3.